The van der Waals surface area contributed by atoms with Gasteiger partial charge in [0.25, 0.3) is 0 Å². The Labute approximate surface area is 134 Å². The molecule has 0 saturated carbocycles. The normalized spacial score (nSPS) is 24.2. The third-order valence-corrected chi connectivity index (χ3v) is 5.24. The Morgan fingerprint density at radius 1 is 1.09 bits per heavy atom. The van der Waals surface area contributed by atoms with Crippen LogP contribution in [0.25, 0.3) is 0 Å². The van der Waals surface area contributed by atoms with Crippen molar-refractivity contribution in [2.45, 2.75) is 79.1 Å². The summed E-state index contributed by atoms with van der Waals surface area (Å²) in [6, 6.07) is 0.990. The molecule has 0 aliphatic carbocycles. The SMILES string of the molecule is Cc1nn(C2COC2)c2c1CC(C(C)(C)C)N(C(C)(C)C)C2. The van der Waals surface area contributed by atoms with Crippen LogP contribution in [0.3, 0.4) is 0 Å². The average Bonchev–Trinajstić information content (AvgIpc) is 2.61. The first-order chi connectivity index (χ1) is 10.1. The van der Waals surface area contributed by atoms with Crippen molar-refractivity contribution in [3.8, 4) is 0 Å². The van der Waals surface area contributed by atoms with Gasteiger partial charge in [-0.3, -0.25) is 9.58 Å². The molecule has 0 aromatic carbocycles. The monoisotopic (exact) mass is 305 g/mol. The highest BCUT2D eigenvalue weighted by molar-refractivity contribution is 5.31. The molecule has 0 radical (unpaired) electrons. The van der Waals surface area contributed by atoms with Crippen molar-refractivity contribution < 1.29 is 4.74 Å². The van der Waals surface area contributed by atoms with Crippen LogP contribution in [0.15, 0.2) is 0 Å². The van der Waals surface area contributed by atoms with E-state index in [4.69, 9.17) is 9.84 Å². The molecule has 1 aromatic heterocycles. The number of rotatable bonds is 1. The van der Waals surface area contributed by atoms with E-state index < -0.39 is 0 Å². The summed E-state index contributed by atoms with van der Waals surface area (Å²) in [4.78, 5) is 2.67. The van der Waals surface area contributed by atoms with E-state index >= 15 is 0 Å². The number of nitrogens with zero attached hydrogens (tertiary/aromatic N) is 3. The largest absolute Gasteiger partial charge is 0.377 e. The first-order valence-corrected chi connectivity index (χ1v) is 8.50. The molecule has 4 nitrogen and oxygen atoms in total. The Morgan fingerprint density at radius 2 is 1.73 bits per heavy atom. The van der Waals surface area contributed by atoms with Crippen LogP contribution in [-0.2, 0) is 17.7 Å². The fourth-order valence-corrected chi connectivity index (χ4v) is 3.78. The van der Waals surface area contributed by atoms with Gasteiger partial charge in [0.2, 0.25) is 0 Å². The average molecular weight is 305 g/mol. The van der Waals surface area contributed by atoms with Gasteiger partial charge in [-0.15, -0.1) is 0 Å². The quantitative estimate of drug-likeness (QED) is 0.797. The molecule has 1 unspecified atom stereocenters. The third kappa shape index (κ3) is 2.61. The number of hydrogen-bond acceptors (Lipinski definition) is 3. The van der Waals surface area contributed by atoms with E-state index in [0.717, 1.165) is 26.2 Å². The smallest absolute Gasteiger partial charge is 0.0989 e. The third-order valence-electron chi connectivity index (χ3n) is 5.24. The Balaban J connectivity index is 2.02. The predicted octanol–water partition coefficient (Wildman–Crippen LogP) is 3.33. The van der Waals surface area contributed by atoms with Gasteiger partial charge in [0, 0.05) is 18.1 Å². The fraction of sp³-hybridized carbons (Fsp3) is 0.833. The minimum absolute atomic E-state index is 0.161. The van der Waals surface area contributed by atoms with Gasteiger partial charge < -0.3 is 4.74 Å². The highest BCUT2D eigenvalue weighted by Crippen LogP contribution is 2.39. The van der Waals surface area contributed by atoms with Crippen LogP contribution in [0.5, 0.6) is 0 Å². The summed E-state index contributed by atoms with van der Waals surface area (Å²) in [6.07, 6.45) is 1.11. The van der Waals surface area contributed by atoms with Gasteiger partial charge >= 0.3 is 0 Å². The molecule has 1 fully saturated rings. The van der Waals surface area contributed by atoms with Gasteiger partial charge in [0.1, 0.15) is 0 Å². The van der Waals surface area contributed by atoms with Crippen molar-refractivity contribution in [2.24, 2.45) is 5.41 Å². The second-order valence-electron chi connectivity index (χ2n) is 9.03. The van der Waals surface area contributed by atoms with Crippen molar-refractivity contribution in [1.29, 1.82) is 0 Å². The molecule has 2 aliphatic heterocycles. The van der Waals surface area contributed by atoms with E-state index in [1.807, 2.05) is 0 Å². The first-order valence-electron chi connectivity index (χ1n) is 8.50. The van der Waals surface area contributed by atoms with E-state index in [-0.39, 0.29) is 11.0 Å². The maximum absolute atomic E-state index is 5.38. The van der Waals surface area contributed by atoms with Crippen molar-refractivity contribution in [1.82, 2.24) is 14.7 Å². The minimum Gasteiger partial charge on any atom is -0.377 e. The molecular formula is C18H31N3O. The van der Waals surface area contributed by atoms with Crippen LogP contribution in [0, 0.1) is 12.3 Å². The van der Waals surface area contributed by atoms with E-state index in [1.54, 1.807) is 0 Å². The number of fused-ring (bicyclic) bond motifs is 1. The molecule has 3 rings (SSSR count). The van der Waals surface area contributed by atoms with Crippen molar-refractivity contribution >= 4 is 0 Å². The molecule has 3 heterocycles. The molecule has 22 heavy (non-hydrogen) atoms. The van der Waals surface area contributed by atoms with E-state index in [9.17, 15) is 0 Å². The zero-order valence-electron chi connectivity index (χ0n) is 15.2. The van der Waals surface area contributed by atoms with E-state index in [2.05, 4.69) is 58.0 Å². The summed E-state index contributed by atoms with van der Waals surface area (Å²) in [5.74, 6) is 0. The Bertz CT molecular complexity index is 558. The molecule has 0 bridgehead atoms. The molecule has 0 N–H and O–H groups in total. The molecule has 0 spiro atoms. The van der Waals surface area contributed by atoms with Gasteiger partial charge in [-0.1, -0.05) is 20.8 Å². The molecule has 0 amide bonds. The lowest BCUT2D eigenvalue weighted by Gasteiger charge is -2.50. The van der Waals surface area contributed by atoms with Gasteiger partial charge in [-0.25, -0.2) is 0 Å². The highest BCUT2D eigenvalue weighted by atomic mass is 16.5. The summed E-state index contributed by atoms with van der Waals surface area (Å²) in [5, 5.41) is 4.86. The van der Waals surface area contributed by atoms with Crippen molar-refractivity contribution in [3.05, 3.63) is 17.0 Å². The predicted molar refractivity (Wildman–Crippen MR) is 89.1 cm³/mol. The Morgan fingerprint density at radius 3 is 2.18 bits per heavy atom. The van der Waals surface area contributed by atoms with Gasteiger partial charge in [-0.2, -0.15) is 5.10 Å². The van der Waals surface area contributed by atoms with Crippen molar-refractivity contribution in [3.63, 3.8) is 0 Å². The van der Waals surface area contributed by atoms with Gasteiger partial charge in [-0.05, 0) is 45.1 Å². The lowest BCUT2D eigenvalue weighted by Crippen LogP contribution is -2.56. The molecule has 2 aliphatic rings. The summed E-state index contributed by atoms with van der Waals surface area (Å²) in [5.41, 5.74) is 4.53. The summed E-state index contributed by atoms with van der Waals surface area (Å²) < 4.78 is 7.64. The zero-order valence-corrected chi connectivity index (χ0v) is 15.2. The topological polar surface area (TPSA) is 30.3 Å². The Kier molecular flexibility index (Phi) is 3.69. The van der Waals surface area contributed by atoms with Crippen LogP contribution in [0.4, 0.5) is 0 Å². The second-order valence-corrected chi connectivity index (χ2v) is 9.03. The van der Waals surface area contributed by atoms with E-state index in [1.165, 1.54) is 17.0 Å². The molecular weight excluding hydrogens is 274 g/mol. The highest BCUT2D eigenvalue weighted by Gasteiger charge is 2.42. The molecule has 1 aromatic rings. The minimum atomic E-state index is 0.161. The number of aryl methyl sites for hydroxylation is 1. The van der Waals surface area contributed by atoms with Crippen molar-refractivity contribution in [2.75, 3.05) is 13.2 Å². The lowest BCUT2D eigenvalue weighted by molar-refractivity contribution is -0.0359. The van der Waals surface area contributed by atoms with E-state index in [0.29, 0.717) is 12.1 Å². The van der Waals surface area contributed by atoms with Crippen LogP contribution in [-0.4, -0.2) is 39.5 Å². The van der Waals surface area contributed by atoms with Gasteiger partial charge in [0.05, 0.1) is 30.6 Å². The second kappa shape index (κ2) is 5.07. The Hall–Kier alpha value is -0.870. The summed E-state index contributed by atoms with van der Waals surface area (Å²) in [7, 11) is 0. The van der Waals surface area contributed by atoms with Crippen LogP contribution >= 0.6 is 0 Å². The first kappa shape index (κ1) is 16.0. The summed E-state index contributed by atoms with van der Waals surface area (Å²) >= 11 is 0. The molecule has 4 heteroatoms. The number of ether oxygens (including phenoxy) is 1. The maximum atomic E-state index is 5.38. The molecule has 124 valence electrons. The fourth-order valence-electron chi connectivity index (χ4n) is 3.78. The standard InChI is InChI=1S/C18H31N3O/c1-12-14-8-16(17(2,3)4)20(18(5,6)7)9-15(14)21(19-12)13-10-22-11-13/h13,16H,8-11H2,1-7H3. The van der Waals surface area contributed by atoms with Gasteiger partial charge in [0.15, 0.2) is 0 Å². The maximum Gasteiger partial charge on any atom is 0.0989 e. The lowest BCUT2D eigenvalue weighted by atomic mass is 9.77. The number of hydrogen-bond donors (Lipinski definition) is 0. The number of aromatic nitrogens is 2. The molecule has 1 atom stereocenters. The van der Waals surface area contributed by atoms with Crippen LogP contribution in [0.2, 0.25) is 0 Å². The molecule has 1 saturated heterocycles. The zero-order chi connectivity index (χ0) is 16.3. The van der Waals surface area contributed by atoms with Crippen LogP contribution < -0.4 is 0 Å². The van der Waals surface area contributed by atoms with Crippen LogP contribution in [0.1, 0.15) is 64.5 Å². The summed E-state index contributed by atoms with van der Waals surface area (Å²) in [6.45, 7) is 18.9.